The summed E-state index contributed by atoms with van der Waals surface area (Å²) in [7, 11) is 0. The summed E-state index contributed by atoms with van der Waals surface area (Å²) < 4.78 is 42.8. The highest BCUT2D eigenvalue weighted by atomic mass is 32.2. The highest BCUT2D eigenvalue weighted by Crippen LogP contribution is 2.14. The number of carbonyl (C=O) groups excluding carboxylic acids is 1. The zero-order valence-corrected chi connectivity index (χ0v) is 12.6. The zero-order valence-electron chi connectivity index (χ0n) is 11.0. The quantitative estimate of drug-likeness (QED) is 0.823. The fraction of sp³-hybridized carbons (Fsp3) is 0. The number of anilines is 2. The summed E-state index contributed by atoms with van der Waals surface area (Å²) in [6.45, 7) is 0. The van der Waals surface area contributed by atoms with Crippen molar-refractivity contribution >= 4 is 39.6 Å². The average Bonchev–Trinajstić information content (AvgIpc) is 2.48. The summed E-state index contributed by atoms with van der Waals surface area (Å²) in [5, 5.41) is 5.04. The normalized spacial score (nSPS) is 13.2. The van der Waals surface area contributed by atoms with Crippen LogP contribution in [0, 0.1) is 0 Å². The van der Waals surface area contributed by atoms with E-state index < -0.39 is 28.2 Å². The molecule has 2 aromatic rings. The lowest BCUT2D eigenvalue weighted by atomic mass is 10.3. The van der Waals surface area contributed by atoms with Crippen molar-refractivity contribution in [1.82, 2.24) is 0 Å². The largest absolute Gasteiger partial charge is 0.768 e. The van der Waals surface area contributed by atoms with Gasteiger partial charge in [0.05, 0.1) is 0 Å². The van der Waals surface area contributed by atoms with Gasteiger partial charge in [-0.05, 0) is 70.7 Å². The maximum Gasteiger partial charge on any atom is 0.323 e. The highest BCUT2D eigenvalue weighted by Gasteiger charge is 2.03. The predicted molar refractivity (Wildman–Crippen MR) is 79.9 cm³/mol. The summed E-state index contributed by atoms with van der Waals surface area (Å²) in [6.07, 6.45) is 0. The van der Waals surface area contributed by atoms with Crippen molar-refractivity contribution in [3.63, 3.8) is 0 Å². The molecule has 2 aromatic carbocycles. The van der Waals surface area contributed by atoms with E-state index in [4.69, 9.17) is 0 Å². The summed E-state index contributed by atoms with van der Waals surface area (Å²) in [5.74, 6) is 0. The van der Waals surface area contributed by atoms with E-state index in [9.17, 15) is 22.3 Å². The van der Waals surface area contributed by atoms with Crippen LogP contribution < -0.4 is 10.6 Å². The monoisotopic (exact) mass is 338 g/mol. The number of amides is 2. The number of carbonyl (C=O) groups is 1. The molecule has 0 radical (unpaired) electrons. The first kappa shape index (κ1) is 16.3. The summed E-state index contributed by atoms with van der Waals surface area (Å²) >= 11 is -4.63. The Morgan fingerprint density at radius 1 is 0.727 bits per heavy atom. The molecule has 7 nitrogen and oxygen atoms in total. The second-order valence-electron chi connectivity index (χ2n) is 4.10. The molecule has 0 saturated heterocycles. The molecule has 0 aliphatic heterocycles. The molecule has 0 aliphatic rings. The van der Waals surface area contributed by atoms with Gasteiger partial charge in [-0.15, -0.1) is 0 Å². The lowest BCUT2D eigenvalue weighted by molar-refractivity contribution is 0.262. The third-order valence-corrected chi connectivity index (χ3v) is 3.92. The van der Waals surface area contributed by atoms with Crippen LogP contribution >= 0.6 is 0 Å². The molecule has 0 bridgehead atoms. The third kappa shape index (κ3) is 4.46. The Morgan fingerprint density at radius 3 is 1.32 bits per heavy atom. The molecule has 2 rings (SSSR count). The molecule has 0 spiro atoms. The highest BCUT2D eigenvalue weighted by molar-refractivity contribution is 7.79. The fourth-order valence-corrected chi connectivity index (χ4v) is 2.31. The molecule has 22 heavy (non-hydrogen) atoms. The van der Waals surface area contributed by atoms with Crippen LogP contribution in [0.3, 0.4) is 0 Å². The maximum absolute atomic E-state index is 11.8. The van der Waals surface area contributed by atoms with E-state index in [1.165, 1.54) is 48.5 Å². The van der Waals surface area contributed by atoms with Gasteiger partial charge in [-0.2, -0.15) is 0 Å². The van der Waals surface area contributed by atoms with Crippen molar-refractivity contribution in [2.45, 2.75) is 9.79 Å². The van der Waals surface area contributed by atoms with Gasteiger partial charge in [-0.1, -0.05) is 0 Å². The molecule has 2 N–H and O–H groups in total. The summed E-state index contributed by atoms with van der Waals surface area (Å²) in [4.78, 5) is 12.0. The zero-order chi connectivity index (χ0) is 16.1. The Bertz CT molecular complexity index is 655. The van der Waals surface area contributed by atoms with E-state index in [0.29, 0.717) is 11.4 Å². The minimum absolute atomic E-state index is 0.118. The van der Waals surface area contributed by atoms with Gasteiger partial charge < -0.3 is 19.7 Å². The summed E-state index contributed by atoms with van der Waals surface area (Å²) in [5.41, 5.74) is 0.841. The minimum atomic E-state index is -2.32. The van der Waals surface area contributed by atoms with Crippen LogP contribution in [-0.4, -0.2) is 23.6 Å². The topological polar surface area (TPSA) is 121 Å². The molecular formula is C13H10N2O5S2-2. The maximum atomic E-state index is 11.8. The van der Waals surface area contributed by atoms with Gasteiger partial charge in [0, 0.05) is 21.2 Å². The Balaban J connectivity index is 1.97. The van der Waals surface area contributed by atoms with Crippen molar-refractivity contribution in [2.75, 3.05) is 10.6 Å². The minimum Gasteiger partial charge on any atom is -0.768 e. The molecule has 0 aromatic heterocycles. The van der Waals surface area contributed by atoms with Crippen molar-refractivity contribution in [3.8, 4) is 0 Å². The Hall–Kier alpha value is -2.07. The first-order valence-electron chi connectivity index (χ1n) is 5.92. The first-order valence-corrected chi connectivity index (χ1v) is 8.07. The SMILES string of the molecule is O=C(Nc1ccc(S(=O)[O-])cc1)Nc1ccc(S(=O)[O-])cc1. The number of benzene rings is 2. The van der Waals surface area contributed by atoms with E-state index in [-0.39, 0.29) is 9.79 Å². The Morgan fingerprint density at radius 2 is 1.05 bits per heavy atom. The number of rotatable bonds is 4. The van der Waals surface area contributed by atoms with Crippen LogP contribution in [0.5, 0.6) is 0 Å². The average molecular weight is 338 g/mol. The standard InChI is InChI=1S/C13H12N2O5S2/c16-13(14-9-1-5-11(6-2-9)21(17)18)15-10-3-7-12(8-4-10)22(19)20/h1-8H,(H,17,18)(H,19,20)(H2,14,15,16)/p-2. The van der Waals surface area contributed by atoms with Crippen LogP contribution in [0.1, 0.15) is 0 Å². The molecule has 2 amide bonds. The van der Waals surface area contributed by atoms with Crippen molar-refractivity contribution in [3.05, 3.63) is 48.5 Å². The van der Waals surface area contributed by atoms with Gasteiger partial charge in [-0.3, -0.25) is 8.42 Å². The predicted octanol–water partition coefficient (Wildman–Crippen LogP) is 1.81. The first-order chi connectivity index (χ1) is 10.5. The molecule has 0 saturated carbocycles. The lowest BCUT2D eigenvalue weighted by Gasteiger charge is -2.10. The molecule has 9 heteroatoms. The van der Waals surface area contributed by atoms with Crippen LogP contribution in [0.15, 0.2) is 58.3 Å². The van der Waals surface area contributed by atoms with Crippen molar-refractivity contribution < 1.29 is 22.3 Å². The van der Waals surface area contributed by atoms with Crippen LogP contribution in [0.2, 0.25) is 0 Å². The molecule has 0 fully saturated rings. The van der Waals surface area contributed by atoms with E-state index in [0.717, 1.165) is 0 Å². The molecule has 0 heterocycles. The molecular weight excluding hydrogens is 328 g/mol. The van der Waals surface area contributed by atoms with Gasteiger partial charge in [0.2, 0.25) is 0 Å². The van der Waals surface area contributed by atoms with Crippen LogP contribution in [0.4, 0.5) is 16.2 Å². The van der Waals surface area contributed by atoms with E-state index in [1.54, 1.807) is 0 Å². The van der Waals surface area contributed by atoms with Crippen LogP contribution in [0.25, 0.3) is 0 Å². The molecule has 0 aliphatic carbocycles. The van der Waals surface area contributed by atoms with Gasteiger partial charge in [0.25, 0.3) is 0 Å². The van der Waals surface area contributed by atoms with E-state index >= 15 is 0 Å². The van der Waals surface area contributed by atoms with E-state index in [2.05, 4.69) is 10.6 Å². The smallest absolute Gasteiger partial charge is 0.323 e. The number of urea groups is 1. The number of hydrogen-bond acceptors (Lipinski definition) is 5. The van der Waals surface area contributed by atoms with Gasteiger partial charge in [0.15, 0.2) is 0 Å². The number of nitrogens with one attached hydrogen (secondary N) is 2. The Labute approximate surface area is 131 Å². The fourth-order valence-electron chi connectivity index (χ4n) is 1.59. The lowest BCUT2D eigenvalue weighted by Crippen LogP contribution is -2.19. The summed E-state index contributed by atoms with van der Waals surface area (Å²) in [6, 6.07) is 10.7. The van der Waals surface area contributed by atoms with Crippen molar-refractivity contribution in [2.24, 2.45) is 0 Å². The second kappa shape index (κ2) is 7.27. The third-order valence-electron chi connectivity index (χ3n) is 2.61. The van der Waals surface area contributed by atoms with Gasteiger partial charge in [-0.25, -0.2) is 4.79 Å². The van der Waals surface area contributed by atoms with Gasteiger partial charge >= 0.3 is 6.03 Å². The molecule has 2 unspecified atom stereocenters. The molecule has 2 atom stereocenters. The van der Waals surface area contributed by atoms with Gasteiger partial charge in [0.1, 0.15) is 0 Å². The van der Waals surface area contributed by atoms with Crippen molar-refractivity contribution in [1.29, 1.82) is 0 Å². The second-order valence-corrected chi connectivity index (χ2v) is 5.98. The van der Waals surface area contributed by atoms with E-state index in [1.807, 2.05) is 0 Å². The molecule has 116 valence electrons. The number of hydrogen-bond donors (Lipinski definition) is 2. The van der Waals surface area contributed by atoms with Crippen LogP contribution in [-0.2, 0) is 22.2 Å². The Kier molecular flexibility index (Phi) is 5.39.